The van der Waals surface area contributed by atoms with Crippen LogP contribution in [0.2, 0.25) is 0 Å². The molecule has 0 aliphatic carbocycles. The molecule has 1 fully saturated rings. The van der Waals surface area contributed by atoms with Gasteiger partial charge in [0.05, 0.1) is 12.0 Å². The van der Waals surface area contributed by atoms with Crippen LogP contribution in [0.5, 0.6) is 0 Å². The fraction of sp³-hybridized carbons (Fsp3) is 0.833. The predicted molar refractivity (Wildman–Crippen MR) is 37.5 cm³/mol. The quantitative estimate of drug-likeness (QED) is 0.578. The first-order valence-electron chi connectivity index (χ1n) is 3.23. The van der Waals surface area contributed by atoms with Gasteiger partial charge in [0.2, 0.25) is 5.24 Å². The van der Waals surface area contributed by atoms with Crippen LogP contribution in [0, 0.1) is 5.92 Å². The summed E-state index contributed by atoms with van der Waals surface area (Å²) in [5, 5.41) is -0.329. The molecule has 4 heteroatoms. The Labute approximate surface area is 64.6 Å². The Morgan fingerprint density at radius 1 is 1.60 bits per heavy atom. The van der Waals surface area contributed by atoms with E-state index in [0.717, 1.165) is 0 Å². The summed E-state index contributed by atoms with van der Waals surface area (Å²) in [4.78, 5) is 15.7. The summed E-state index contributed by atoms with van der Waals surface area (Å²) < 4.78 is 0. The molecule has 1 saturated heterocycles. The molecule has 0 saturated carbocycles. The Morgan fingerprint density at radius 2 is 2.20 bits per heavy atom. The van der Waals surface area contributed by atoms with Crippen LogP contribution in [0.25, 0.3) is 0 Å². The van der Waals surface area contributed by atoms with Crippen LogP contribution >= 0.6 is 11.6 Å². The molecule has 0 aromatic heterocycles. The third-order valence-corrected chi connectivity index (χ3v) is 2.00. The van der Waals surface area contributed by atoms with E-state index in [1.54, 1.807) is 0 Å². The van der Waals surface area contributed by atoms with Crippen molar-refractivity contribution < 1.29 is 9.63 Å². The summed E-state index contributed by atoms with van der Waals surface area (Å²) in [7, 11) is 0. The zero-order valence-corrected chi connectivity index (χ0v) is 6.68. The minimum atomic E-state index is -0.329. The number of hydroxylamine groups is 1. The molecule has 10 heavy (non-hydrogen) atoms. The minimum Gasteiger partial charge on any atom is -0.298 e. The van der Waals surface area contributed by atoms with Crippen LogP contribution in [0.1, 0.15) is 13.8 Å². The molecular formula is C6H10ClNO2. The fourth-order valence-electron chi connectivity index (χ4n) is 1.15. The van der Waals surface area contributed by atoms with E-state index < -0.39 is 0 Å². The van der Waals surface area contributed by atoms with Crippen molar-refractivity contribution in [3.8, 4) is 0 Å². The molecule has 1 N–H and O–H groups in total. The second-order valence-electron chi connectivity index (χ2n) is 2.56. The largest absolute Gasteiger partial charge is 0.298 e. The van der Waals surface area contributed by atoms with E-state index in [0.29, 0.717) is 0 Å². The van der Waals surface area contributed by atoms with Crippen LogP contribution in [0.4, 0.5) is 0 Å². The van der Waals surface area contributed by atoms with Crippen molar-refractivity contribution in [2.24, 2.45) is 5.92 Å². The average molecular weight is 164 g/mol. The molecule has 0 bridgehead atoms. The number of hydrogen-bond donors (Lipinski definition) is 1. The molecule has 1 heterocycles. The van der Waals surface area contributed by atoms with E-state index in [1.165, 1.54) is 0 Å². The highest BCUT2D eigenvalue weighted by molar-refractivity contribution is 6.64. The molecule has 3 nitrogen and oxygen atoms in total. The topological polar surface area (TPSA) is 38.3 Å². The molecule has 3 atom stereocenters. The summed E-state index contributed by atoms with van der Waals surface area (Å²) in [5.41, 5.74) is 2.70. The lowest BCUT2D eigenvalue weighted by atomic mass is 10.00. The summed E-state index contributed by atoms with van der Waals surface area (Å²) in [6.45, 7) is 3.69. The molecule has 1 aliphatic rings. The van der Waals surface area contributed by atoms with E-state index in [-0.39, 0.29) is 23.3 Å². The molecule has 0 aromatic carbocycles. The molecule has 3 unspecified atom stereocenters. The molecule has 58 valence electrons. The van der Waals surface area contributed by atoms with E-state index in [2.05, 4.69) is 5.48 Å². The van der Waals surface area contributed by atoms with Crippen molar-refractivity contribution in [2.75, 3.05) is 0 Å². The van der Waals surface area contributed by atoms with Crippen molar-refractivity contribution in [1.29, 1.82) is 0 Å². The standard InChI is InChI=1S/C6H10ClNO2/c1-3-5(6(7)9)4(2)10-8-3/h3-5,8H,1-2H3. The maximum Gasteiger partial charge on any atom is 0.229 e. The SMILES string of the molecule is CC1NOC(C)C1C(=O)Cl. The summed E-state index contributed by atoms with van der Waals surface area (Å²) in [6, 6.07) is 0.0278. The van der Waals surface area contributed by atoms with Crippen molar-refractivity contribution in [3.63, 3.8) is 0 Å². The van der Waals surface area contributed by atoms with Crippen molar-refractivity contribution in [1.82, 2.24) is 5.48 Å². The van der Waals surface area contributed by atoms with Crippen LogP contribution in [0.3, 0.4) is 0 Å². The monoisotopic (exact) mass is 163 g/mol. The van der Waals surface area contributed by atoms with Gasteiger partial charge in [0.1, 0.15) is 0 Å². The lowest BCUT2D eigenvalue weighted by molar-refractivity contribution is -0.116. The normalized spacial score (nSPS) is 40.1. The Morgan fingerprint density at radius 3 is 2.40 bits per heavy atom. The van der Waals surface area contributed by atoms with Gasteiger partial charge in [-0.3, -0.25) is 9.63 Å². The highest BCUT2D eigenvalue weighted by atomic mass is 35.5. The molecule has 0 spiro atoms. The predicted octanol–water partition coefficient (Wildman–Crippen LogP) is 0.680. The Balaban J connectivity index is 2.63. The highest BCUT2D eigenvalue weighted by Crippen LogP contribution is 2.20. The van der Waals surface area contributed by atoms with Crippen molar-refractivity contribution in [2.45, 2.75) is 26.0 Å². The average Bonchev–Trinajstić information content (AvgIpc) is 2.11. The smallest absolute Gasteiger partial charge is 0.229 e. The van der Waals surface area contributed by atoms with Gasteiger partial charge in [0.25, 0.3) is 0 Å². The second-order valence-corrected chi connectivity index (χ2v) is 2.93. The Bertz CT molecular complexity index is 141. The number of nitrogens with one attached hydrogen (secondary N) is 1. The second kappa shape index (κ2) is 2.86. The highest BCUT2D eigenvalue weighted by Gasteiger charge is 2.36. The first-order chi connectivity index (χ1) is 4.63. The Hall–Kier alpha value is -0.120. The van der Waals surface area contributed by atoms with Crippen molar-refractivity contribution in [3.05, 3.63) is 0 Å². The minimum absolute atomic E-state index is 0.0278. The van der Waals surface area contributed by atoms with Crippen molar-refractivity contribution >= 4 is 16.8 Å². The van der Waals surface area contributed by atoms with Gasteiger partial charge in [-0.1, -0.05) is 0 Å². The van der Waals surface area contributed by atoms with Gasteiger partial charge in [-0.2, -0.15) is 5.48 Å². The van der Waals surface area contributed by atoms with Gasteiger partial charge >= 0.3 is 0 Å². The number of carbonyl (C=O) groups excluding carboxylic acids is 1. The van der Waals surface area contributed by atoms with Gasteiger partial charge < -0.3 is 0 Å². The van der Waals surface area contributed by atoms with Gasteiger partial charge in [0.15, 0.2) is 0 Å². The maximum atomic E-state index is 10.7. The molecule has 1 rings (SSSR count). The summed E-state index contributed by atoms with van der Waals surface area (Å²) in [6.07, 6.45) is -0.111. The third-order valence-electron chi connectivity index (χ3n) is 1.75. The van der Waals surface area contributed by atoms with E-state index >= 15 is 0 Å². The summed E-state index contributed by atoms with van der Waals surface area (Å²) >= 11 is 5.31. The number of halogens is 1. The number of carbonyl (C=O) groups is 1. The zero-order valence-electron chi connectivity index (χ0n) is 5.93. The summed E-state index contributed by atoms with van der Waals surface area (Å²) in [5.74, 6) is -0.207. The van der Waals surface area contributed by atoms with Crippen LogP contribution in [-0.4, -0.2) is 17.4 Å². The molecule has 0 aromatic rings. The van der Waals surface area contributed by atoms with Gasteiger partial charge in [-0.15, -0.1) is 0 Å². The molecule has 0 radical (unpaired) electrons. The number of hydrogen-bond acceptors (Lipinski definition) is 3. The lowest BCUT2D eigenvalue weighted by Gasteiger charge is -2.09. The zero-order chi connectivity index (χ0) is 7.72. The number of rotatable bonds is 1. The fourth-order valence-corrected chi connectivity index (χ4v) is 1.52. The molecule has 1 aliphatic heterocycles. The van der Waals surface area contributed by atoms with Crippen LogP contribution < -0.4 is 5.48 Å². The molecule has 0 amide bonds. The lowest BCUT2D eigenvalue weighted by Crippen LogP contribution is -2.28. The van der Waals surface area contributed by atoms with E-state index in [9.17, 15) is 4.79 Å². The van der Waals surface area contributed by atoms with Crippen LogP contribution in [-0.2, 0) is 9.63 Å². The van der Waals surface area contributed by atoms with Gasteiger partial charge in [-0.25, -0.2) is 0 Å². The first kappa shape index (κ1) is 7.98. The van der Waals surface area contributed by atoms with E-state index in [4.69, 9.17) is 16.4 Å². The maximum absolute atomic E-state index is 10.7. The van der Waals surface area contributed by atoms with Gasteiger partial charge in [0, 0.05) is 6.04 Å². The van der Waals surface area contributed by atoms with Crippen LogP contribution in [0.15, 0.2) is 0 Å². The first-order valence-corrected chi connectivity index (χ1v) is 3.61. The van der Waals surface area contributed by atoms with E-state index in [1.807, 2.05) is 13.8 Å². The van der Waals surface area contributed by atoms with Gasteiger partial charge in [-0.05, 0) is 25.4 Å². The molecular weight excluding hydrogens is 154 g/mol. The Kier molecular flexibility index (Phi) is 2.28. The third kappa shape index (κ3) is 1.31.